The number of pyridine rings is 1. The van der Waals surface area contributed by atoms with E-state index in [9.17, 15) is 22.4 Å². The van der Waals surface area contributed by atoms with Gasteiger partial charge in [0.2, 0.25) is 5.95 Å². The summed E-state index contributed by atoms with van der Waals surface area (Å²) < 4.78 is 58.1. The van der Waals surface area contributed by atoms with Crippen LogP contribution in [-0.2, 0) is 6.18 Å². The Kier molecular flexibility index (Phi) is 7.40. The molecule has 1 aliphatic heterocycles. The molecule has 1 saturated heterocycles. The summed E-state index contributed by atoms with van der Waals surface area (Å²) in [7, 11) is 0. The molecule has 4 atom stereocenters. The molecule has 0 saturated carbocycles. The van der Waals surface area contributed by atoms with Gasteiger partial charge in [0.25, 0.3) is 5.91 Å². The van der Waals surface area contributed by atoms with Crippen molar-refractivity contribution >= 4 is 29.1 Å². The number of alkyl halides is 3. The van der Waals surface area contributed by atoms with Crippen molar-refractivity contribution in [2.24, 2.45) is 17.3 Å². The summed E-state index contributed by atoms with van der Waals surface area (Å²) in [5.41, 5.74) is -0.949. The number of hydrogen-bond acceptors (Lipinski definition) is 3. The molecule has 4 rings (SSSR count). The number of allylic oxidation sites excluding steroid dienone is 4. The number of ether oxygens (including phenoxy) is 1. The van der Waals surface area contributed by atoms with Crippen LogP contribution in [-0.4, -0.2) is 35.0 Å². The predicted molar refractivity (Wildman–Crippen MR) is 129 cm³/mol. The molecule has 0 bridgehead atoms. The van der Waals surface area contributed by atoms with E-state index >= 15 is 0 Å². The highest BCUT2D eigenvalue weighted by atomic mass is 35.5. The first kappa shape index (κ1) is 26.5. The SMILES string of the molecule is C[C@@H](Oc1ccc(C(F)(F)F)cc1)[C@@H]1CN(C(=O)c2ccc(F)nc2)C[C@H]1C1(C)C=CC(Cl)=C(Cl)C1. The molecule has 1 unspecified atom stereocenters. The lowest BCUT2D eigenvalue weighted by molar-refractivity contribution is -0.137. The van der Waals surface area contributed by atoms with E-state index in [-0.39, 0.29) is 23.3 Å². The highest BCUT2D eigenvalue weighted by Gasteiger charge is 2.48. The van der Waals surface area contributed by atoms with Crippen LogP contribution in [0.4, 0.5) is 17.6 Å². The molecule has 2 aromatic rings. The molecular formula is C26H24Cl2F4N2O2. The van der Waals surface area contributed by atoms with Gasteiger partial charge in [0, 0.05) is 30.2 Å². The highest BCUT2D eigenvalue weighted by molar-refractivity contribution is 6.40. The maximum Gasteiger partial charge on any atom is 0.416 e. The molecule has 0 N–H and O–H groups in total. The molecular weight excluding hydrogens is 519 g/mol. The monoisotopic (exact) mass is 542 g/mol. The van der Waals surface area contributed by atoms with E-state index in [2.05, 4.69) is 4.98 Å². The summed E-state index contributed by atoms with van der Waals surface area (Å²) >= 11 is 12.6. The molecule has 0 radical (unpaired) electrons. The van der Waals surface area contributed by atoms with Gasteiger partial charge in [-0.25, -0.2) is 4.98 Å². The van der Waals surface area contributed by atoms with Crippen LogP contribution >= 0.6 is 23.2 Å². The second-order valence-electron chi connectivity index (χ2n) is 9.46. The van der Waals surface area contributed by atoms with Crippen molar-refractivity contribution in [2.45, 2.75) is 32.5 Å². The minimum Gasteiger partial charge on any atom is -0.490 e. The van der Waals surface area contributed by atoms with Gasteiger partial charge in [0.05, 0.1) is 16.2 Å². The number of carbonyl (C=O) groups excluding carboxylic acids is 1. The third-order valence-electron chi connectivity index (χ3n) is 6.99. The summed E-state index contributed by atoms with van der Waals surface area (Å²) in [5, 5.41) is 0.979. The van der Waals surface area contributed by atoms with Crippen LogP contribution in [0.5, 0.6) is 5.75 Å². The van der Waals surface area contributed by atoms with E-state index in [1.807, 2.05) is 19.9 Å². The van der Waals surface area contributed by atoms with Gasteiger partial charge in [-0.3, -0.25) is 4.79 Å². The van der Waals surface area contributed by atoms with Crippen molar-refractivity contribution in [2.75, 3.05) is 13.1 Å². The third-order valence-corrected chi connectivity index (χ3v) is 7.77. The Morgan fingerprint density at radius 3 is 2.44 bits per heavy atom. The minimum atomic E-state index is -4.44. The maximum absolute atomic E-state index is 13.3. The van der Waals surface area contributed by atoms with Crippen molar-refractivity contribution in [3.63, 3.8) is 0 Å². The normalized spacial score (nSPS) is 25.3. The van der Waals surface area contributed by atoms with E-state index < -0.39 is 29.2 Å². The number of amides is 1. The largest absolute Gasteiger partial charge is 0.490 e. The lowest BCUT2D eigenvalue weighted by Gasteiger charge is -2.39. The van der Waals surface area contributed by atoms with E-state index in [0.29, 0.717) is 35.3 Å². The summed E-state index contributed by atoms with van der Waals surface area (Å²) in [6.45, 7) is 4.58. The first-order valence-corrected chi connectivity index (χ1v) is 12.1. The van der Waals surface area contributed by atoms with Crippen molar-refractivity contribution in [1.82, 2.24) is 9.88 Å². The Balaban J connectivity index is 1.59. The average Bonchev–Trinajstić information content (AvgIpc) is 3.28. The number of aromatic nitrogens is 1. The van der Waals surface area contributed by atoms with Gasteiger partial charge in [-0.15, -0.1) is 0 Å². The summed E-state index contributed by atoms with van der Waals surface area (Å²) in [5.74, 6) is -0.956. The fourth-order valence-corrected chi connectivity index (χ4v) is 5.44. The van der Waals surface area contributed by atoms with E-state index in [1.165, 1.54) is 24.4 Å². The molecule has 192 valence electrons. The number of halogens is 6. The number of hydrogen-bond donors (Lipinski definition) is 0. The molecule has 1 aromatic heterocycles. The third kappa shape index (κ3) is 5.54. The number of carbonyl (C=O) groups is 1. The molecule has 1 aliphatic carbocycles. The van der Waals surface area contributed by atoms with Crippen molar-refractivity contribution in [3.05, 3.63) is 81.9 Å². The van der Waals surface area contributed by atoms with Crippen molar-refractivity contribution < 1.29 is 27.1 Å². The topological polar surface area (TPSA) is 42.4 Å². The van der Waals surface area contributed by atoms with Gasteiger partial charge in [-0.2, -0.15) is 17.6 Å². The Hall–Kier alpha value is -2.58. The van der Waals surface area contributed by atoms with Crippen LogP contribution in [0.15, 0.2) is 64.8 Å². The lowest BCUT2D eigenvalue weighted by atomic mass is 9.67. The van der Waals surface area contributed by atoms with Gasteiger partial charge in [0.15, 0.2) is 0 Å². The van der Waals surface area contributed by atoms with Crippen LogP contribution in [0, 0.1) is 23.2 Å². The van der Waals surface area contributed by atoms with E-state index in [4.69, 9.17) is 27.9 Å². The number of likely N-dealkylation sites (tertiary alicyclic amines) is 1. The van der Waals surface area contributed by atoms with Crippen molar-refractivity contribution in [1.29, 1.82) is 0 Å². The standard InChI is InChI=1S/C26H24Cl2F4N2O2/c1-15(36-18-6-4-17(5-7-18)26(30,31)32)19-13-34(24(35)16-3-8-23(29)33-12-16)14-20(19)25(2)10-9-21(27)22(28)11-25/h3-10,12,15,19-20H,11,13-14H2,1-2H3/t15-,19+,20-,25?/m1/s1. The molecule has 1 aromatic carbocycles. The molecule has 1 fully saturated rings. The zero-order valence-corrected chi connectivity index (χ0v) is 21.0. The molecule has 2 heterocycles. The van der Waals surface area contributed by atoms with Gasteiger partial charge in [-0.1, -0.05) is 36.2 Å². The Bertz CT molecular complexity index is 1180. The Morgan fingerprint density at radius 2 is 1.86 bits per heavy atom. The summed E-state index contributed by atoms with van der Waals surface area (Å²) in [6, 6.07) is 7.05. The Morgan fingerprint density at radius 1 is 1.17 bits per heavy atom. The molecule has 36 heavy (non-hydrogen) atoms. The second kappa shape index (κ2) is 10.1. The first-order chi connectivity index (χ1) is 16.9. The quantitative estimate of drug-likeness (QED) is 0.300. The zero-order chi connectivity index (χ0) is 26.3. The summed E-state index contributed by atoms with van der Waals surface area (Å²) in [6.07, 6.45) is 0.521. The average molecular weight is 543 g/mol. The first-order valence-electron chi connectivity index (χ1n) is 11.4. The fraction of sp³-hybridized carbons (Fsp3) is 0.385. The zero-order valence-electron chi connectivity index (χ0n) is 19.5. The minimum absolute atomic E-state index is 0.103. The maximum atomic E-state index is 13.3. The molecule has 1 amide bonds. The fourth-order valence-electron chi connectivity index (χ4n) is 4.96. The smallest absolute Gasteiger partial charge is 0.416 e. The van der Waals surface area contributed by atoms with Crippen LogP contribution in [0.3, 0.4) is 0 Å². The molecule has 0 spiro atoms. The number of rotatable bonds is 5. The summed E-state index contributed by atoms with van der Waals surface area (Å²) in [4.78, 5) is 18.5. The lowest BCUT2D eigenvalue weighted by Crippen LogP contribution is -2.38. The molecule has 4 nitrogen and oxygen atoms in total. The number of nitrogens with zero attached hydrogens (tertiary/aromatic N) is 2. The number of benzene rings is 1. The van der Waals surface area contributed by atoms with Crippen LogP contribution < -0.4 is 4.74 Å². The van der Waals surface area contributed by atoms with Crippen LogP contribution in [0.2, 0.25) is 0 Å². The molecule has 2 aliphatic rings. The van der Waals surface area contributed by atoms with Gasteiger partial charge >= 0.3 is 6.18 Å². The van der Waals surface area contributed by atoms with E-state index in [1.54, 1.807) is 11.0 Å². The second-order valence-corrected chi connectivity index (χ2v) is 10.3. The van der Waals surface area contributed by atoms with Crippen molar-refractivity contribution in [3.8, 4) is 5.75 Å². The predicted octanol–water partition coefficient (Wildman–Crippen LogP) is 7.05. The highest BCUT2D eigenvalue weighted by Crippen LogP contribution is 2.49. The van der Waals surface area contributed by atoms with Crippen LogP contribution in [0.25, 0.3) is 0 Å². The van der Waals surface area contributed by atoms with Gasteiger partial charge in [-0.05, 0) is 67.2 Å². The van der Waals surface area contributed by atoms with Crippen LogP contribution in [0.1, 0.15) is 36.2 Å². The Labute approximate surface area is 216 Å². The van der Waals surface area contributed by atoms with Gasteiger partial charge < -0.3 is 9.64 Å². The molecule has 10 heteroatoms. The van der Waals surface area contributed by atoms with E-state index in [0.717, 1.165) is 18.2 Å². The van der Waals surface area contributed by atoms with Gasteiger partial charge in [0.1, 0.15) is 11.9 Å².